The summed E-state index contributed by atoms with van der Waals surface area (Å²) in [6.45, 7) is 31.1. The molecule has 0 saturated heterocycles. The maximum atomic E-state index is 2.36. The molecule has 0 heterocycles. The van der Waals surface area contributed by atoms with Crippen LogP contribution < -0.4 is 0 Å². The Labute approximate surface area is 685 Å². The van der Waals surface area contributed by atoms with Crippen molar-refractivity contribution in [3.8, 4) is 89.0 Å². The van der Waals surface area contributed by atoms with E-state index in [0.717, 1.165) is 0 Å². The predicted octanol–water partition coefficient (Wildman–Crippen LogP) is 30.9. The highest BCUT2D eigenvalue weighted by atomic mass is 14.4. The van der Waals surface area contributed by atoms with Crippen LogP contribution in [-0.2, 0) is 27.1 Å². The van der Waals surface area contributed by atoms with Crippen molar-refractivity contribution in [1.29, 1.82) is 0 Å². The third kappa shape index (κ3) is 16.7. The number of aryl methyl sites for hydroxylation is 5. The average Bonchev–Trinajstić information content (AvgIpc) is 0.732. The Bertz CT molecular complexity index is 5300. The molecular formula is C115H106. The molecule has 16 aromatic rings. The molecule has 0 radical (unpaired) electrons. The first-order valence-electron chi connectivity index (χ1n) is 40.9. The van der Waals surface area contributed by atoms with Gasteiger partial charge in [0.25, 0.3) is 0 Å². The van der Waals surface area contributed by atoms with E-state index in [1.807, 2.05) is 0 Å². The first-order chi connectivity index (χ1) is 55.4. The lowest BCUT2D eigenvalue weighted by Crippen LogP contribution is -2.31. The normalized spacial score (nSPS) is 11.9. The van der Waals surface area contributed by atoms with Crippen LogP contribution >= 0.6 is 0 Å². The van der Waals surface area contributed by atoms with E-state index in [4.69, 9.17) is 0 Å². The first kappa shape index (κ1) is 77.8. The van der Waals surface area contributed by atoms with E-state index in [2.05, 4.69) is 485 Å². The molecule has 115 heavy (non-hydrogen) atoms. The Balaban J connectivity index is 0.000000183. The van der Waals surface area contributed by atoms with E-state index >= 15 is 0 Å². The number of hydrogen-bond acceptors (Lipinski definition) is 0. The third-order valence-electron chi connectivity index (χ3n) is 23.7. The van der Waals surface area contributed by atoms with Crippen LogP contribution in [0.5, 0.6) is 0 Å². The molecule has 0 fully saturated rings. The molecule has 0 amide bonds. The highest BCUT2D eigenvalue weighted by molar-refractivity contribution is 5.76. The van der Waals surface area contributed by atoms with Gasteiger partial charge in [0.15, 0.2) is 0 Å². The monoisotopic (exact) mass is 1490 g/mol. The minimum atomic E-state index is -0.621. The summed E-state index contributed by atoms with van der Waals surface area (Å²) in [4.78, 5) is 0. The molecule has 16 rings (SSSR count). The second-order valence-electron chi connectivity index (χ2n) is 34.9. The summed E-state index contributed by atoms with van der Waals surface area (Å²) in [5.74, 6) is 0. The van der Waals surface area contributed by atoms with Crippen molar-refractivity contribution in [3.63, 3.8) is 0 Å². The summed E-state index contributed by atoms with van der Waals surface area (Å²) in [7, 11) is 0. The van der Waals surface area contributed by atoms with E-state index in [9.17, 15) is 0 Å². The molecule has 0 nitrogen and oxygen atoms in total. The fraction of sp³-hybridized carbons (Fsp3) is 0.165. The van der Waals surface area contributed by atoms with Gasteiger partial charge in [-0.3, -0.25) is 0 Å². The minimum absolute atomic E-state index is 0.105. The van der Waals surface area contributed by atoms with E-state index in [1.54, 1.807) is 0 Å². The van der Waals surface area contributed by atoms with Crippen molar-refractivity contribution < 1.29 is 0 Å². The smallest absolute Gasteiger partial charge is 0.0587 e. The van der Waals surface area contributed by atoms with Gasteiger partial charge in [0.2, 0.25) is 0 Å². The molecule has 0 atom stereocenters. The third-order valence-corrected chi connectivity index (χ3v) is 23.7. The molecule has 0 spiro atoms. The van der Waals surface area contributed by atoms with Crippen LogP contribution in [0.1, 0.15) is 151 Å². The summed E-state index contributed by atoms with van der Waals surface area (Å²) in [6, 6.07) is 146. The van der Waals surface area contributed by atoms with Gasteiger partial charge in [-0.25, -0.2) is 0 Å². The summed E-state index contributed by atoms with van der Waals surface area (Å²) >= 11 is 0. The molecule has 0 unspecified atom stereocenters. The van der Waals surface area contributed by atoms with Gasteiger partial charge in [-0.15, -0.1) is 0 Å². The summed E-state index contributed by atoms with van der Waals surface area (Å²) < 4.78 is 0. The molecule has 0 aliphatic heterocycles. The van der Waals surface area contributed by atoms with Gasteiger partial charge >= 0.3 is 0 Å². The lowest BCUT2D eigenvalue weighted by molar-refractivity contribution is 0.590. The molecule has 0 bridgehead atoms. The largest absolute Gasteiger partial charge is 0.0701 e. The van der Waals surface area contributed by atoms with Crippen LogP contribution in [-0.4, -0.2) is 0 Å². The van der Waals surface area contributed by atoms with Gasteiger partial charge in [0.1, 0.15) is 0 Å². The molecule has 0 heteroatoms. The predicted molar refractivity (Wildman–Crippen MR) is 493 cm³/mol. The summed E-state index contributed by atoms with van der Waals surface area (Å²) in [5, 5.41) is 0. The molecule has 0 aliphatic rings. The van der Waals surface area contributed by atoms with E-state index in [-0.39, 0.29) is 16.2 Å². The van der Waals surface area contributed by atoms with E-state index < -0.39 is 10.8 Å². The molecule has 0 saturated carbocycles. The number of benzene rings is 16. The lowest BCUT2D eigenvalue weighted by atomic mass is 9.64. The van der Waals surface area contributed by atoms with Crippen LogP contribution in [0.25, 0.3) is 89.0 Å². The summed E-state index contributed by atoms with van der Waals surface area (Å²) in [6.07, 6.45) is 0. The molecule has 0 aliphatic carbocycles. The van der Waals surface area contributed by atoms with Gasteiger partial charge < -0.3 is 0 Å². The average molecular weight is 1490 g/mol. The molecule has 16 aromatic carbocycles. The Kier molecular flexibility index (Phi) is 22.0. The number of hydrogen-bond donors (Lipinski definition) is 0. The fourth-order valence-corrected chi connectivity index (χ4v) is 16.5. The zero-order chi connectivity index (χ0) is 80.2. The number of rotatable bonds is 16. The first-order valence-corrected chi connectivity index (χ1v) is 40.9. The lowest BCUT2D eigenvalue weighted by Gasteiger charge is -2.37. The topological polar surface area (TPSA) is 0 Å². The van der Waals surface area contributed by atoms with E-state index in [0.29, 0.717) is 0 Å². The molecular weight excluding hydrogens is 1380 g/mol. The Morgan fingerprint density at radius 2 is 0.183 bits per heavy atom. The van der Waals surface area contributed by atoms with Crippen molar-refractivity contribution in [2.24, 2.45) is 0 Å². The van der Waals surface area contributed by atoms with Gasteiger partial charge in [0, 0.05) is 0 Å². The van der Waals surface area contributed by atoms with Crippen molar-refractivity contribution in [3.05, 3.63) is 477 Å². The Hall–Kier alpha value is -12.5. The van der Waals surface area contributed by atoms with Crippen LogP contribution in [0.15, 0.2) is 388 Å². The zero-order valence-corrected chi connectivity index (χ0v) is 69.5. The van der Waals surface area contributed by atoms with Crippen LogP contribution in [0.4, 0.5) is 0 Å². The van der Waals surface area contributed by atoms with Crippen molar-refractivity contribution in [2.45, 2.75) is 124 Å². The zero-order valence-electron chi connectivity index (χ0n) is 69.5. The van der Waals surface area contributed by atoms with Gasteiger partial charge in [-0.1, -0.05) is 478 Å². The minimum Gasteiger partial charge on any atom is -0.0587 e. The van der Waals surface area contributed by atoms with Crippen LogP contribution in [0, 0.1) is 34.6 Å². The van der Waals surface area contributed by atoms with Crippen LogP contribution in [0.2, 0.25) is 0 Å². The maximum Gasteiger partial charge on any atom is 0.0701 e. The van der Waals surface area contributed by atoms with Crippen molar-refractivity contribution in [2.75, 3.05) is 0 Å². The quantitative estimate of drug-likeness (QED) is 0.0846. The SMILES string of the molecule is Cc1ccc(-c2ccc(C(c3ccc(-c4ccc(C(C)(C)C)cc4)cc3)(c3ccc(-c4ccc(C(C)(C)C)cc4)cc3)c3ccc(-c4ccc(C(C)(C)C)cc4)cc3)cc2)cc1.Cc1ccc(-c2ccc(C(c3ccc(-c4ccc(C)cc4)cc3)(c3ccc(-c4ccc(C)cc4)cc3)c3ccc(-c4ccc(C)cc4)cc3)cc2)cc1. The fourth-order valence-electron chi connectivity index (χ4n) is 16.5. The standard InChI is InChI=1S/C62H62.C53H44/c1-43-11-13-44(14-12-43)48-21-35-55(36-22-48)62(56-37-23-49(24-38-56)45-15-29-52(30-16-45)59(2,3)4,57-39-25-50(26-40-57)46-17-31-53(32-18-46)60(5,6)7)58-41-27-51(28-42-58)47-19-33-54(34-20-47)61(8,9)10;1-37-5-13-41(14-6-37)45-21-29-49(30-22-45)53(50-31-23-46(24-32-50)42-15-7-38(2)8-16-42,51-33-25-47(26-34-51)43-17-9-39(3)10-18-43)52-35-27-48(28-36-52)44-19-11-40(4)12-20-44/h11-42H,1-10H3;5-36H,1-4H3. The Morgan fingerprint density at radius 1 is 0.104 bits per heavy atom. The van der Waals surface area contributed by atoms with Crippen molar-refractivity contribution >= 4 is 0 Å². The second kappa shape index (κ2) is 32.6. The molecule has 0 N–H and O–H groups in total. The highest BCUT2D eigenvalue weighted by Gasteiger charge is 2.41. The van der Waals surface area contributed by atoms with E-state index in [1.165, 1.54) is 178 Å². The Morgan fingerprint density at radius 3 is 0.270 bits per heavy atom. The van der Waals surface area contributed by atoms with Crippen LogP contribution in [0.3, 0.4) is 0 Å². The van der Waals surface area contributed by atoms with Gasteiger partial charge in [-0.05, 0) is 201 Å². The molecule has 566 valence electrons. The van der Waals surface area contributed by atoms with Crippen molar-refractivity contribution in [1.82, 2.24) is 0 Å². The van der Waals surface area contributed by atoms with Gasteiger partial charge in [0.05, 0.1) is 10.8 Å². The second-order valence-corrected chi connectivity index (χ2v) is 34.9. The summed E-state index contributed by atoms with van der Waals surface area (Å²) in [5.41, 5.74) is 38.7. The maximum absolute atomic E-state index is 2.36. The highest BCUT2D eigenvalue weighted by Crippen LogP contribution is 2.50. The van der Waals surface area contributed by atoms with Gasteiger partial charge in [-0.2, -0.15) is 0 Å². The molecule has 0 aromatic heterocycles.